The van der Waals surface area contributed by atoms with E-state index in [2.05, 4.69) is 0 Å². The third-order valence-corrected chi connectivity index (χ3v) is 3.47. The van der Waals surface area contributed by atoms with Crippen molar-refractivity contribution >= 4 is 23.1 Å². The largest absolute Gasteiger partial charge is 0.307 e. The topological polar surface area (TPSA) is 20.3 Å². The van der Waals surface area contributed by atoms with Crippen molar-refractivity contribution in [2.75, 3.05) is 6.54 Å². The van der Waals surface area contributed by atoms with Gasteiger partial charge in [0.05, 0.1) is 4.99 Å². The lowest BCUT2D eigenvalue weighted by Gasteiger charge is -2.15. The summed E-state index contributed by atoms with van der Waals surface area (Å²) in [6.07, 6.45) is 1.66. The molecule has 0 aliphatic carbocycles. The minimum Gasteiger partial charge on any atom is -0.307 e. The van der Waals surface area contributed by atoms with Gasteiger partial charge < -0.3 is 4.90 Å². The summed E-state index contributed by atoms with van der Waals surface area (Å²) in [7, 11) is 0. The quantitative estimate of drug-likeness (QED) is 0.759. The number of aryl methyl sites for hydroxylation is 1. The fourth-order valence-corrected chi connectivity index (χ4v) is 2.41. The predicted octanol–water partition coefficient (Wildman–Crippen LogP) is 3.35. The van der Waals surface area contributed by atoms with Crippen LogP contribution in [0, 0.1) is 0 Å². The average molecular weight is 263 g/mol. The third kappa shape index (κ3) is 3.64. The molecular formula is C15H19NOS. The highest BCUT2D eigenvalue weighted by molar-refractivity contribution is 7.80. The lowest BCUT2D eigenvalue weighted by Crippen LogP contribution is -2.30. The second-order valence-corrected chi connectivity index (χ2v) is 4.91. The molecule has 0 N–H and O–H groups in total. The molecule has 1 saturated heterocycles. The van der Waals surface area contributed by atoms with E-state index in [1.165, 1.54) is 0 Å². The number of likely N-dealkylation sites (tertiary alicyclic amines) is 1. The molecule has 0 atom stereocenters. The van der Waals surface area contributed by atoms with Gasteiger partial charge in [0.25, 0.3) is 0 Å². The first kappa shape index (κ1) is 10.7. The minimum absolute atomic E-state index is 0.0383. The van der Waals surface area contributed by atoms with E-state index in [1.54, 1.807) is 17.0 Å². The highest BCUT2D eigenvalue weighted by atomic mass is 32.1. The van der Waals surface area contributed by atoms with Gasteiger partial charge in [-0.2, -0.15) is 0 Å². The predicted molar refractivity (Wildman–Crippen MR) is 77.5 cm³/mol. The number of amides is 1. The first-order valence-electron chi connectivity index (χ1n) is 7.39. The SMILES string of the molecule is [2H]C([2H])(CCCC(=O)N1CCCC1=S)c1ccccc1. The molecular weight excluding hydrogens is 242 g/mol. The van der Waals surface area contributed by atoms with E-state index in [0.29, 0.717) is 24.8 Å². The summed E-state index contributed by atoms with van der Waals surface area (Å²) in [5, 5.41) is 0. The van der Waals surface area contributed by atoms with Crippen molar-refractivity contribution < 1.29 is 7.54 Å². The Balaban J connectivity index is 1.83. The van der Waals surface area contributed by atoms with Crippen molar-refractivity contribution in [3.63, 3.8) is 0 Å². The molecule has 0 spiro atoms. The molecule has 1 heterocycles. The Kier molecular flexibility index (Phi) is 3.94. The van der Waals surface area contributed by atoms with Crippen LogP contribution >= 0.6 is 12.2 Å². The second-order valence-electron chi connectivity index (χ2n) is 4.44. The van der Waals surface area contributed by atoms with Crippen LogP contribution in [0.15, 0.2) is 30.3 Å². The third-order valence-electron chi connectivity index (χ3n) is 3.04. The number of benzene rings is 1. The molecule has 3 heteroatoms. The van der Waals surface area contributed by atoms with Crippen molar-refractivity contribution in [1.82, 2.24) is 4.90 Å². The number of carbonyl (C=O) groups is 1. The average Bonchev–Trinajstić information content (AvgIpc) is 2.86. The fraction of sp³-hybridized carbons (Fsp3) is 0.467. The van der Waals surface area contributed by atoms with Crippen LogP contribution in [-0.2, 0) is 11.2 Å². The Hall–Kier alpha value is -1.22. The number of nitrogens with zero attached hydrogens (tertiary/aromatic N) is 1. The molecule has 1 amide bonds. The Morgan fingerprint density at radius 1 is 1.33 bits per heavy atom. The van der Waals surface area contributed by atoms with Gasteiger partial charge in [0, 0.05) is 22.1 Å². The van der Waals surface area contributed by atoms with Crippen LogP contribution in [0.4, 0.5) is 0 Å². The first-order chi connectivity index (χ1) is 9.50. The first-order valence-corrected chi connectivity index (χ1v) is 6.80. The highest BCUT2D eigenvalue weighted by Crippen LogP contribution is 2.14. The molecule has 1 aliphatic rings. The van der Waals surface area contributed by atoms with Crippen LogP contribution in [0.2, 0.25) is 0 Å². The zero-order valence-electron chi connectivity index (χ0n) is 12.4. The number of thiocarbonyl (C=S) groups is 1. The molecule has 0 unspecified atom stereocenters. The second kappa shape index (κ2) is 6.64. The Morgan fingerprint density at radius 2 is 2.11 bits per heavy atom. The van der Waals surface area contributed by atoms with Crippen molar-refractivity contribution in [3.05, 3.63) is 35.9 Å². The van der Waals surface area contributed by atoms with E-state index in [4.69, 9.17) is 15.0 Å². The number of hydrogen-bond acceptors (Lipinski definition) is 2. The van der Waals surface area contributed by atoms with Crippen LogP contribution in [0.25, 0.3) is 0 Å². The van der Waals surface area contributed by atoms with Gasteiger partial charge in [-0.25, -0.2) is 0 Å². The molecule has 1 aromatic rings. The van der Waals surface area contributed by atoms with Crippen LogP contribution in [0.1, 0.15) is 40.4 Å². The lowest BCUT2D eigenvalue weighted by molar-refractivity contribution is -0.127. The van der Waals surface area contributed by atoms with E-state index in [1.807, 2.05) is 18.2 Å². The molecule has 2 nitrogen and oxygen atoms in total. The Morgan fingerprint density at radius 3 is 2.78 bits per heavy atom. The number of hydrogen-bond donors (Lipinski definition) is 0. The minimum atomic E-state index is -1.38. The van der Waals surface area contributed by atoms with E-state index < -0.39 is 6.37 Å². The standard InChI is InChI=1S/C15H19NOS/c17-14(16-12-6-11-15(16)18)10-5-4-9-13-7-2-1-3-8-13/h1-3,7-8H,4-6,9-12H2/i9D2. The van der Waals surface area contributed by atoms with Crippen molar-refractivity contribution in [1.29, 1.82) is 0 Å². The van der Waals surface area contributed by atoms with E-state index in [9.17, 15) is 4.79 Å². The summed E-state index contributed by atoms with van der Waals surface area (Å²) in [5.41, 5.74) is 0.671. The summed E-state index contributed by atoms with van der Waals surface area (Å²) < 4.78 is 16.2. The smallest absolute Gasteiger partial charge is 0.227 e. The van der Waals surface area contributed by atoms with E-state index in [0.717, 1.165) is 24.4 Å². The molecule has 18 heavy (non-hydrogen) atoms. The van der Waals surface area contributed by atoms with Crippen molar-refractivity contribution in [2.45, 2.75) is 38.5 Å². The Bertz CT molecular complexity index is 490. The number of carbonyl (C=O) groups excluding carboxylic acids is 1. The van der Waals surface area contributed by atoms with Crippen LogP contribution in [0.5, 0.6) is 0 Å². The monoisotopic (exact) mass is 263 g/mol. The van der Waals surface area contributed by atoms with Gasteiger partial charge >= 0.3 is 0 Å². The molecule has 1 aliphatic heterocycles. The molecule has 0 aromatic heterocycles. The molecule has 0 radical (unpaired) electrons. The van der Waals surface area contributed by atoms with Crippen molar-refractivity contribution in [2.24, 2.45) is 0 Å². The molecule has 1 fully saturated rings. The molecule has 0 bridgehead atoms. The number of rotatable bonds is 5. The van der Waals surface area contributed by atoms with Crippen LogP contribution in [0.3, 0.4) is 0 Å². The maximum Gasteiger partial charge on any atom is 0.227 e. The van der Waals surface area contributed by atoms with Gasteiger partial charge in [-0.05, 0) is 31.2 Å². The maximum atomic E-state index is 12.0. The zero-order chi connectivity index (χ0) is 14.6. The fourth-order valence-electron chi connectivity index (χ4n) is 2.08. The lowest BCUT2D eigenvalue weighted by atomic mass is 10.1. The molecule has 2 rings (SSSR count). The van der Waals surface area contributed by atoms with Gasteiger partial charge in [0.2, 0.25) is 5.91 Å². The summed E-state index contributed by atoms with van der Waals surface area (Å²) in [5.74, 6) is 0.0383. The summed E-state index contributed by atoms with van der Waals surface area (Å²) in [4.78, 5) is 14.4. The van der Waals surface area contributed by atoms with Gasteiger partial charge in [0.15, 0.2) is 0 Å². The molecule has 0 saturated carbocycles. The van der Waals surface area contributed by atoms with Crippen molar-refractivity contribution in [3.8, 4) is 0 Å². The Labute approximate surface area is 117 Å². The van der Waals surface area contributed by atoms with Gasteiger partial charge in [-0.15, -0.1) is 0 Å². The summed E-state index contributed by atoms with van der Waals surface area (Å²) >= 11 is 5.15. The van der Waals surface area contributed by atoms with Gasteiger partial charge in [-0.1, -0.05) is 42.5 Å². The summed E-state index contributed by atoms with van der Waals surface area (Å²) in [6.45, 7) is 0.725. The highest BCUT2D eigenvalue weighted by Gasteiger charge is 2.22. The zero-order valence-corrected chi connectivity index (χ0v) is 11.2. The van der Waals surface area contributed by atoms with Crippen LogP contribution < -0.4 is 0 Å². The van der Waals surface area contributed by atoms with E-state index in [-0.39, 0.29) is 5.91 Å². The normalized spacial score (nSPS) is 17.6. The summed E-state index contributed by atoms with van der Waals surface area (Å²) in [6, 6.07) is 9.12. The molecule has 1 aromatic carbocycles. The van der Waals surface area contributed by atoms with Gasteiger partial charge in [-0.3, -0.25) is 4.79 Å². The van der Waals surface area contributed by atoms with Crippen LogP contribution in [-0.4, -0.2) is 22.3 Å². The van der Waals surface area contributed by atoms with Gasteiger partial charge in [0.1, 0.15) is 0 Å². The maximum absolute atomic E-state index is 12.0. The van der Waals surface area contributed by atoms with E-state index >= 15 is 0 Å². The molecule has 96 valence electrons.